The Morgan fingerprint density at radius 2 is 1.77 bits per heavy atom. The van der Waals surface area contributed by atoms with E-state index in [4.69, 9.17) is 0 Å². The van der Waals surface area contributed by atoms with Crippen LogP contribution in [0.2, 0.25) is 0 Å². The van der Waals surface area contributed by atoms with E-state index in [-0.39, 0.29) is 0 Å². The highest BCUT2D eigenvalue weighted by atomic mass is 15.1. The van der Waals surface area contributed by atoms with Gasteiger partial charge in [0.25, 0.3) is 0 Å². The summed E-state index contributed by atoms with van der Waals surface area (Å²) in [4.78, 5) is 2.32. The second kappa shape index (κ2) is 7.34. The summed E-state index contributed by atoms with van der Waals surface area (Å²) < 4.78 is 0. The molecule has 80 valence electrons. The molecule has 0 aliphatic rings. The minimum Gasteiger partial charge on any atom is -0.315 e. The molecule has 0 fully saturated rings. The molecule has 1 unspecified atom stereocenters. The Kier molecular flexibility index (Phi) is 7.29. The average Bonchev–Trinajstić information content (AvgIpc) is 2.02. The summed E-state index contributed by atoms with van der Waals surface area (Å²) in [6.07, 6.45) is 2.56. The first-order valence-electron chi connectivity index (χ1n) is 5.45. The van der Waals surface area contributed by atoms with Gasteiger partial charge in [-0.05, 0) is 33.0 Å². The Balaban J connectivity index is 3.57. The molecule has 0 saturated carbocycles. The van der Waals surface area contributed by atoms with Crippen LogP contribution >= 0.6 is 0 Å². The van der Waals surface area contributed by atoms with Gasteiger partial charge in [-0.1, -0.05) is 27.2 Å². The molecule has 0 aromatic rings. The molecule has 0 radical (unpaired) electrons. The lowest BCUT2D eigenvalue weighted by Gasteiger charge is -2.24. The van der Waals surface area contributed by atoms with Crippen molar-refractivity contribution in [2.45, 2.75) is 39.7 Å². The summed E-state index contributed by atoms with van der Waals surface area (Å²) in [6, 6.07) is 0.698. The zero-order valence-electron chi connectivity index (χ0n) is 9.93. The summed E-state index contributed by atoms with van der Waals surface area (Å²) in [5.41, 5.74) is 0. The second-order valence-corrected chi connectivity index (χ2v) is 4.46. The third-order valence-electron chi connectivity index (χ3n) is 2.28. The Hall–Kier alpha value is -0.0800. The van der Waals surface area contributed by atoms with Crippen LogP contribution in [0.25, 0.3) is 0 Å². The van der Waals surface area contributed by atoms with Crippen LogP contribution in [0.1, 0.15) is 33.6 Å². The van der Waals surface area contributed by atoms with E-state index in [9.17, 15) is 0 Å². The van der Waals surface area contributed by atoms with Gasteiger partial charge in [-0.3, -0.25) is 0 Å². The fourth-order valence-electron chi connectivity index (χ4n) is 1.41. The molecule has 0 aliphatic carbocycles. The molecule has 1 N–H and O–H groups in total. The van der Waals surface area contributed by atoms with Crippen molar-refractivity contribution >= 4 is 0 Å². The van der Waals surface area contributed by atoms with Crippen LogP contribution in [0.3, 0.4) is 0 Å². The van der Waals surface area contributed by atoms with Crippen molar-refractivity contribution in [1.82, 2.24) is 10.2 Å². The molecule has 13 heavy (non-hydrogen) atoms. The molecule has 0 aliphatic heterocycles. The second-order valence-electron chi connectivity index (χ2n) is 4.46. The summed E-state index contributed by atoms with van der Waals surface area (Å²) in [5, 5.41) is 3.51. The molecular formula is C11H26N2. The first kappa shape index (κ1) is 12.9. The minimum absolute atomic E-state index is 0.698. The van der Waals surface area contributed by atoms with Crippen molar-refractivity contribution in [3.8, 4) is 0 Å². The van der Waals surface area contributed by atoms with Crippen molar-refractivity contribution in [2.75, 3.05) is 27.2 Å². The van der Waals surface area contributed by atoms with Gasteiger partial charge in [0.05, 0.1) is 0 Å². The van der Waals surface area contributed by atoms with Gasteiger partial charge in [-0.2, -0.15) is 0 Å². The van der Waals surface area contributed by atoms with E-state index >= 15 is 0 Å². The Morgan fingerprint density at radius 1 is 1.15 bits per heavy atom. The predicted molar refractivity (Wildman–Crippen MR) is 60.1 cm³/mol. The lowest BCUT2D eigenvalue weighted by Crippen LogP contribution is -2.38. The third kappa shape index (κ3) is 7.03. The van der Waals surface area contributed by atoms with Crippen molar-refractivity contribution in [3.05, 3.63) is 0 Å². The van der Waals surface area contributed by atoms with Crippen LogP contribution in [0.15, 0.2) is 0 Å². The SMILES string of the molecule is CCCC(CNCC(C)C)N(C)C. The normalized spacial score (nSPS) is 14.1. The van der Waals surface area contributed by atoms with Crippen LogP contribution in [0.4, 0.5) is 0 Å². The standard InChI is InChI=1S/C11H26N2/c1-6-7-11(13(4)5)9-12-8-10(2)3/h10-12H,6-9H2,1-5H3. The average molecular weight is 186 g/mol. The number of rotatable bonds is 7. The topological polar surface area (TPSA) is 15.3 Å². The van der Waals surface area contributed by atoms with Crippen LogP contribution in [-0.4, -0.2) is 38.1 Å². The van der Waals surface area contributed by atoms with Gasteiger partial charge in [-0.25, -0.2) is 0 Å². The Morgan fingerprint density at radius 3 is 2.15 bits per heavy atom. The summed E-state index contributed by atoms with van der Waals surface area (Å²) in [7, 11) is 4.33. The van der Waals surface area contributed by atoms with Gasteiger partial charge in [0.15, 0.2) is 0 Å². The van der Waals surface area contributed by atoms with Crippen LogP contribution in [-0.2, 0) is 0 Å². The lowest BCUT2D eigenvalue weighted by molar-refractivity contribution is 0.265. The number of hydrogen-bond acceptors (Lipinski definition) is 2. The molecule has 0 saturated heterocycles. The fraction of sp³-hybridized carbons (Fsp3) is 1.00. The summed E-state index contributed by atoms with van der Waals surface area (Å²) >= 11 is 0. The Labute approximate surface area is 83.7 Å². The third-order valence-corrected chi connectivity index (χ3v) is 2.28. The smallest absolute Gasteiger partial charge is 0.0214 e. The van der Waals surface area contributed by atoms with Gasteiger partial charge in [-0.15, -0.1) is 0 Å². The molecular weight excluding hydrogens is 160 g/mol. The molecule has 0 spiro atoms. The van der Waals surface area contributed by atoms with Crippen molar-refractivity contribution < 1.29 is 0 Å². The van der Waals surface area contributed by atoms with E-state index in [0.717, 1.165) is 19.0 Å². The molecule has 2 nitrogen and oxygen atoms in total. The van der Waals surface area contributed by atoms with E-state index in [1.54, 1.807) is 0 Å². The summed E-state index contributed by atoms with van der Waals surface area (Å²) in [6.45, 7) is 9.00. The molecule has 1 atom stereocenters. The fourth-order valence-corrected chi connectivity index (χ4v) is 1.41. The van der Waals surface area contributed by atoms with Gasteiger partial charge in [0.2, 0.25) is 0 Å². The van der Waals surface area contributed by atoms with Gasteiger partial charge in [0, 0.05) is 12.6 Å². The molecule has 0 aromatic heterocycles. The first-order valence-corrected chi connectivity index (χ1v) is 5.45. The Bertz CT molecular complexity index is 111. The highest BCUT2D eigenvalue weighted by Crippen LogP contribution is 2.01. The monoisotopic (exact) mass is 186 g/mol. The van der Waals surface area contributed by atoms with Crippen molar-refractivity contribution in [3.63, 3.8) is 0 Å². The van der Waals surface area contributed by atoms with Crippen LogP contribution < -0.4 is 5.32 Å². The number of nitrogens with one attached hydrogen (secondary N) is 1. The number of nitrogens with zero attached hydrogens (tertiary/aromatic N) is 1. The molecule has 0 rings (SSSR count). The molecule has 2 heteroatoms. The van der Waals surface area contributed by atoms with E-state index < -0.39 is 0 Å². The maximum atomic E-state index is 3.51. The number of likely N-dealkylation sites (N-methyl/N-ethyl adjacent to an activating group) is 1. The van der Waals surface area contributed by atoms with Crippen molar-refractivity contribution in [1.29, 1.82) is 0 Å². The predicted octanol–water partition coefficient (Wildman–Crippen LogP) is 1.96. The lowest BCUT2D eigenvalue weighted by atomic mass is 10.1. The molecule has 0 aromatic carbocycles. The number of hydrogen-bond donors (Lipinski definition) is 1. The first-order chi connectivity index (χ1) is 6.07. The maximum Gasteiger partial charge on any atom is 0.0214 e. The quantitative estimate of drug-likeness (QED) is 0.654. The zero-order chi connectivity index (χ0) is 10.3. The van der Waals surface area contributed by atoms with E-state index in [2.05, 4.69) is 45.1 Å². The van der Waals surface area contributed by atoms with Gasteiger partial charge >= 0.3 is 0 Å². The largest absolute Gasteiger partial charge is 0.315 e. The molecule has 0 amide bonds. The zero-order valence-corrected chi connectivity index (χ0v) is 9.93. The minimum atomic E-state index is 0.698. The highest BCUT2D eigenvalue weighted by molar-refractivity contribution is 4.68. The maximum absolute atomic E-state index is 3.51. The highest BCUT2D eigenvalue weighted by Gasteiger charge is 2.09. The van der Waals surface area contributed by atoms with E-state index in [1.807, 2.05) is 0 Å². The van der Waals surface area contributed by atoms with E-state index in [0.29, 0.717) is 6.04 Å². The van der Waals surface area contributed by atoms with Gasteiger partial charge < -0.3 is 10.2 Å². The van der Waals surface area contributed by atoms with Crippen molar-refractivity contribution in [2.24, 2.45) is 5.92 Å². The van der Waals surface area contributed by atoms with Crippen LogP contribution in [0.5, 0.6) is 0 Å². The summed E-state index contributed by atoms with van der Waals surface area (Å²) in [5.74, 6) is 0.754. The van der Waals surface area contributed by atoms with E-state index in [1.165, 1.54) is 12.8 Å². The van der Waals surface area contributed by atoms with Gasteiger partial charge in [0.1, 0.15) is 0 Å². The molecule has 0 bridgehead atoms. The molecule has 0 heterocycles. The van der Waals surface area contributed by atoms with Crippen LogP contribution in [0, 0.1) is 5.92 Å².